The van der Waals surface area contributed by atoms with Crippen LogP contribution >= 0.6 is 0 Å². The van der Waals surface area contributed by atoms with Gasteiger partial charge < -0.3 is 0 Å². The van der Waals surface area contributed by atoms with Gasteiger partial charge in [-0.1, -0.05) is 13.5 Å². The second-order valence-electron chi connectivity index (χ2n) is 3.56. The average Bonchev–Trinajstić information content (AvgIpc) is 2.59. The molecule has 0 saturated carbocycles. The van der Waals surface area contributed by atoms with Crippen LogP contribution in [0.4, 0.5) is 0 Å². The lowest BCUT2D eigenvalue weighted by molar-refractivity contribution is 0.951. The lowest BCUT2D eigenvalue weighted by Crippen LogP contribution is -1.89. The zero-order chi connectivity index (χ0) is 10.1. The highest BCUT2D eigenvalue weighted by Crippen LogP contribution is 2.19. The molecule has 2 aromatic heterocycles. The van der Waals surface area contributed by atoms with Crippen LogP contribution in [0.1, 0.15) is 25.0 Å². The van der Waals surface area contributed by atoms with Crippen molar-refractivity contribution in [2.24, 2.45) is 0 Å². The third-order valence-electron chi connectivity index (χ3n) is 2.45. The molecule has 0 amide bonds. The molecule has 2 rings (SSSR count). The van der Waals surface area contributed by atoms with Gasteiger partial charge in [-0.05, 0) is 36.6 Å². The summed E-state index contributed by atoms with van der Waals surface area (Å²) in [4.78, 5) is 0. The predicted octanol–water partition coefficient (Wildman–Crippen LogP) is 2.93. The van der Waals surface area contributed by atoms with Gasteiger partial charge in [0.2, 0.25) is 0 Å². The Bertz CT molecular complexity index is 480. The highest BCUT2D eigenvalue weighted by molar-refractivity contribution is 5.75. The maximum atomic E-state index is 4.27. The van der Waals surface area contributed by atoms with Crippen molar-refractivity contribution in [3.8, 4) is 0 Å². The van der Waals surface area contributed by atoms with E-state index in [0.717, 1.165) is 23.1 Å². The molecule has 0 spiro atoms. The Kier molecular flexibility index (Phi) is 2.12. The molecule has 2 heteroatoms. The van der Waals surface area contributed by atoms with Gasteiger partial charge in [-0.15, -0.1) is 0 Å². The number of aromatic nitrogens is 2. The Balaban J connectivity index is 2.69. The molecule has 72 valence electrons. The second-order valence-corrected chi connectivity index (χ2v) is 3.56. The highest BCUT2D eigenvalue weighted by Gasteiger charge is 2.04. The number of hydrogen-bond donors (Lipinski definition) is 0. The topological polar surface area (TPSA) is 17.3 Å². The van der Waals surface area contributed by atoms with Gasteiger partial charge in [0.15, 0.2) is 0 Å². The molecule has 0 atom stereocenters. The van der Waals surface area contributed by atoms with Crippen molar-refractivity contribution in [1.29, 1.82) is 0 Å². The molecule has 0 aliphatic carbocycles. The van der Waals surface area contributed by atoms with E-state index < -0.39 is 0 Å². The molecule has 0 fully saturated rings. The SMILES string of the molecule is C=C(C)c1cnn2ccc(CC)cc12. The Hall–Kier alpha value is -1.57. The molecule has 0 N–H and O–H groups in total. The third-order valence-corrected chi connectivity index (χ3v) is 2.45. The zero-order valence-electron chi connectivity index (χ0n) is 8.62. The summed E-state index contributed by atoms with van der Waals surface area (Å²) in [7, 11) is 0. The molecule has 0 aromatic carbocycles. The molecule has 0 bridgehead atoms. The minimum absolute atomic E-state index is 1.05. The molecule has 2 nitrogen and oxygen atoms in total. The molecule has 0 saturated heterocycles. The zero-order valence-corrected chi connectivity index (χ0v) is 8.62. The van der Waals surface area contributed by atoms with Crippen LogP contribution in [0.5, 0.6) is 0 Å². The third kappa shape index (κ3) is 1.33. The van der Waals surface area contributed by atoms with E-state index >= 15 is 0 Å². The molecular weight excluding hydrogens is 172 g/mol. The van der Waals surface area contributed by atoms with Crippen LogP contribution in [0.2, 0.25) is 0 Å². The fourth-order valence-corrected chi connectivity index (χ4v) is 1.57. The van der Waals surface area contributed by atoms with Gasteiger partial charge in [0.05, 0.1) is 11.7 Å². The van der Waals surface area contributed by atoms with E-state index in [9.17, 15) is 0 Å². The molecule has 14 heavy (non-hydrogen) atoms. The van der Waals surface area contributed by atoms with E-state index in [0.29, 0.717) is 0 Å². The molecule has 2 heterocycles. The number of allylic oxidation sites excluding steroid dienone is 1. The standard InChI is InChI=1S/C12H14N2/c1-4-10-5-6-14-12(7-10)11(8-13-14)9(2)3/h5-8H,2,4H2,1,3H3. The van der Waals surface area contributed by atoms with Crippen molar-refractivity contribution in [1.82, 2.24) is 9.61 Å². The summed E-state index contributed by atoms with van der Waals surface area (Å²) in [5, 5.41) is 4.27. The van der Waals surface area contributed by atoms with Crippen molar-refractivity contribution in [3.05, 3.63) is 42.2 Å². The fourth-order valence-electron chi connectivity index (χ4n) is 1.57. The maximum Gasteiger partial charge on any atom is 0.0739 e. The maximum absolute atomic E-state index is 4.27. The average molecular weight is 186 g/mol. The summed E-state index contributed by atoms with van der Waals surface area (Å²) in [5.41, 5.74) is 4.69. The van der Waals surface area contributed by atoms with E-state index in [4.69, 9.17) is 0 Å². The fraction of sp³-hybridized carbons (Fsp3) is 0.250. The highest BCUT2D eigenvalue weighted by atomic mass is 15.2. The first-order valence-electron chi connectivity index (χ1n) is 4.84. The van der Waals surface area contributed by atoms with Crippen molar-refractivity contribution in [3.63, 3.8) is 0 Å². The Morgan fingerprint density at radius 1 is 1.57 bits per heavy atom. The van der Waals surface area contributed by atoms with E-state index in [2.05, 4.69) is 30.7 Å². The molecule has 2 aromatic rings. The number of hydrogen-bond acceptors (Lipinski definition) is 1. The quantitative estimate of drug-likeness (QED) is 0.704. The molecule has 0 radical (unpaired) electrons. The van der Waals surface area contributed by atoms with Crippen LogP contribution in [0.15, 0.2) is 31.1 Å². The van der Waals surface area contributed by atoms with Crippen LogP contribution < -0.4 is 0 Å². The van der Waals surface area contributed by atoms with Crippen molar-refractivity contribution < 1.29 is 0 Å². The minimum Gasteiger partial charge on any atom is -0.240 e. The van der Waals surface area contributed by atoms with Gasteiger partial charge in [0.25, 0.3) is 0 Å². The van der Waals surface area contributed by atoms with Crippen molar-refractivity contribution >= 4 is 11.1 Å². The summed E-state index contributed by atoms with van der Waals surface area (Å²) < 4.78 is 1.89. The molecule has 0 aliphatic heterocycles. The van der Waals surface area contributed by atoms with E-state index in [1.807, 2.05) is 23.8 Å². The van der Waals surface area contributed by atoms with Gasteiger partial charge in [0.1, 0.15) is 0 Å². The summed E-state index contributed by atoms with van der Waals surface area (Å²) in [5.74, 6) is 0. The number of rotatable bonds is 2. The number of nitrogens with zero attached hydrogens (tertiary/aromatic N) is 2. The number of pyridine rings is 1. The van der Waals surface area contributed by atoms with Gasteiger partial charge in [-0.2, -0.15) is 5.10 Å². The summed E-state index contributed by atoms with van der Waals surface area (Å²) in [6.07, 6.45) is 4.93. The van der Waals surface area contributed by atoms with Gasteiger partial charge >= 0.3 is 0 Å². The van der Waals surface area contributed by atoms with Gasteiger partial charge in [-0.25, -0.2) is 4.52 Å². The van der Waals surface area contributed by atoms with Crippen LogP contribution in [0.3, 0.4) is 0 Å². The van der Waals surface area contributed by atoms with Crippen molar-refractivity contribution in [2.45, 2.75) is 20.3 Å². The van der Waals surface area contributed by atoms with Crippen LogP contribution in [-0.4, -0.2) is 9.61 Å². The predicted molar refractivity (Wildman–Crippen MR) is 59.3 cm³/mol. The molecule has 0 unspecified atom stereocenters. The summed E-state index contributed by atoms with van der Waals surface area (Å²) >= 11 is 0. The van der Waals surface area contributed by atoms with Crippen LogP contribution in [-0.2, 0) is 6.42 Å². The first kappa shape index (κ1) is 9.00. The van der Waals surface area contributed by atoms with Gasteiger partial charge in [-0.3, -0.25) is 0 Å². The monoisotopic (exact) mass is 186 g/mol. The lowest BCUT2D eigenvalue weighted by Gasteiger charge is -2.00. The van der Waals surface area contributed by atoms with Crippen LogP contribution in [0, 0.1) is 0 Å². The first-order valence-corrected chi connectivity index (χ1v) is 4.84. The lowest BCUT2D eigenvalue weighted by atomic mass is 10.1. The Morgan fingerprint density at radius 2 is 2.36 bits per heavy atom. The minimum atomic E-state index is 1.05. The normalized spacial score (nSPS) is 10.7. The Morgan fingerprint density at radius 3 is 3.00 bits per heavy atom. The molecular formula is C12H14N2. The largest absolute Gasteiger partial charge is 0.240 e. The van der Waals surface area contributed by atoms with E-state index in [-0.39, 0.29) is 0 Å². The second kappa shape index (κ2) is 3.29. The van der Waals surface area contributed by atoms with E-state index in [1.165, 1.54) is 5.56 Å². The Labute approximate surface area is 83.9 Å². The van der Waals surface area contributed by atoms with Gasteiger partial charge in [0, 0.05) is 11.8 Å². The number of fused-ring (bicyclic) bond motifs is 1. The number of aryl methyl sites for hydroxylation is 1. The molecule has 0 aliphatic rings. The van der Waals surface area contributed by atoms with E-state index in [1.54, 1.807) is 0 Å². The summed E-state index contributed by atoms with van der Waals surface area (Å²) in [6, 6.07) is 4.28. The summed E-state index contributed by atoms with van der Waals surface area (Å²) in [6.45, 7) is 8.11. The van der Waals surface area contributed by atoms with Crippen molar-refractivity contribution in [2.75, 3.05) is 0 Å². The van der Waals surface area contributed by atoms with Crippen LogP contribution in [0.25, 0.3) is 11.1 Å². The smallest absolute Gasteiger partial charge is 0.0739 e. The first-order chi connectivity index (χ1) is 6.72.